The van der Waals surface area contributed by atoms with Crippen molar-refractivity contribution in [2.24, 2.45) is 5.92 Å². The zero-order chi connectivity index (χ0) is 27.1. The van der Waals surface area contributed by atoms with Gasteiger partial charge in [-0.1, -0.05) is 49.7 Å². The van der Waals surface area contributed by atoms with Crippen LogP contribution in [0.3, 0.4) is 0 Å². The molecule has 2 fully saturated rings. The monoisotopic (exact) mass is 602 g/mol. The van der Waals surface area contributed by atoms with E-state index in [4.69, 9.17) is 14.2 Å². The molecule has 2 aromatic carbocycles. The summed E-state index contributed by atoms with van der Waals surface area (Å²) in [7, 11) is 0. The highest BCUT2D eigenvalue weighted by atomic mass is 79.9. The van der Waals surface area contributed by atoms with Crippen molar-refractivity contribution < 1.29 is 23.8 Å². The maximum Gasteiger partial charge on any atom is 0.344 e. The third-order valence-electron chi connectivity index (χ3n) is 6.69. The first-order chi connectivity index (χ1) is 18.4. The van der Waals surface area contributed by atoms with Crippen LogP contribution in [0.25, 0.3) is 6.08 Å². The van der Waals surface area contributed by atoms with Gasteiger partial charge in [-0.25, -0.2) is 4.79 Å². The van der Waals surface area contributed by atoms with E-state index in [2.05, 4.69) is 28.2 Å². The van der Waals surface area contributed by atoms with Gasteiger partial charge >= 0.3 is 5.97 Å². The first-order valence-corrected chi connectivity index (χ1v) is 14.9. The van der Waals surface area contributed by atoms with Crippen LogP contribution < -0.4 is 14.8 Å². The smallest absolute Gasteiger partial charge is 0.344 e. The second-order valence-electron chi connectivity index (χ2n) is 9.39. The van der Waals surface area contributed by atoms with Crippen LogP contribution in [0.15, 0.2) is 51.8 Å². The molecule has 1 amide bonds. The molecule has 9 heteroatoms. The zero-order valence-electron chi connectivity index (χ0n) is 22.1. The third-order valence-corrected chi connectivity index (χ3v) is 8.40. The topological polar surface area (TPSA) is 77.1 Å². The fraction of sp³-hybridized carbons (Fsp3) is 0.448. The fourth-order valence-electron chi connectivity index (χ4n) is 4.93. The lowest BCUT2D eigenvalue weighted by molar-refractivity contribution is -0.145. The largest absolute Gasteiger partial charge is 0.490 e. The van der Waals surface area contributed by atoms with E-state index in [-0.39, 0.29) is 30.7 Å². The van der Waals surface area contributed by atoms with Gasteiger partial charge in [-0.15, -0.1) is 0 Å². The number of hydrogen-bond donors (Lipinski definition) is 1. The van der Waals surface area contributed by atoms with Crippen LogP contribution in [0.5, 0.6) is 11.5 Å². The van der Waals surface area contributed by atoms with Gasteiger partial charge in [0.1, 0.15) is 0 Å². The van der Waals surface area contributed by atoms with E-state index in [1.165, 1.54) is 18.2 Å². The standard InChI is InChI=1S/C29H35BrN2O5S/c1-4-35-24-16-20(15-22(30)27(24)37-18-26(33)36-5-2)17-25-28(34)32(23-14-10-9-11-19(23)3)29(38-25)31-21-12-7-6-8-13-21/h6-8,12-13,15-17,19,23,29,31H,4-5,9-11,14,18H2,1-3H3/b25-17-/t19-,23+,29?/m0/s1. The van der Waals surface area contributed by atoms with Crippen molar-refractivity contribution in [1.82, 2.24) is 4.90 Å². The van der Waals surface area contributed by atoms with Crippen molar-refractivity contribution in [2.75, 3.05) is 25.1 Å². The van der Waals surface area contributed by atoms with Crippen LogP contribution in [0.1, 0.15) is 52.0 Å². The quantitative estimate of drug-likeness (QED) is 0.240. The number of amides is 1. The van der Waals surface area contributed by atoms with Gasteiger partial charge in [0, 0.05) is 11.7 Å². The molecule has 7 nitrogen and oxygen atoms in total. The third kappa shape index (κ3) is 6.86. The molecule has 0 radical (unpaired) electrons. The summed E-state index contributed by atoms with van der Waals surface area (Å²) < 4.78 is 17.1. The van der Waals surface area contributed by atoms with E-state index in [1.54, 1.807) is 6.92 Å². The highest BCUT2D eigenvalue weighted by Gasteiger charge is 2.43. The molecule has 1 aliphatic carbocycles. The highest BCUT2D eigenvalue weighted by molar-refractivity contribution is 9.10. The van der Waals surface area contributed by atoms with Crippen molar-refractivity contribution in [3.63, 3.8) is 0 Å². The van der Waals surface area contributed by atoms with Crippen molar-refractivity contribution in [2.45, 2.75) is 58.0 Å². The van der Waals surface area contributed by atoms with Gasteiger partial charge in [-0.05, 0) is 84.4 Å². The Balaban J connectivity index is 1.62. The summed E-state index contributed by atoms with van der Waals surface area (Å²) in [6.07, 6.45) is 6.40. The van der Waals surface area contributed by atoms with Crippen molar-refractivity contribution in [3.8, 4) is 11.5 Å². The lowest BCUT2D eigenvalue weighted by Gasteiger charge is -2.39. The minimum atomic E-state index is -0.449. The number of rotatable bonds is 10. The minimum Gasteiger partial charge on any atom is -0.490 e. The summed E-state index contributed by atoms with van der Waals surface area (Å²) in [6, 6.07) is 13.9. The van der Waals surface area contributed by atoms with Crippen LogP contribution >= 0.6 is 27.7 Å². The van der Waals surface area contributed by atoms with E-state index >= 15 is 0 Å². The Bertz CT molecular complexity index is 1160. The van der Waals surface area contributed by atoms with Gasteiger partial charge in [0.15, 0.2) is 23.6 Å². The molecule has 4 rings (SSSR count). The van der Waals surface area contributed by atoms with Crippen LogP contribution in [0.2, 0.25) is 0 Å². The Morgan fingerprint density at radius 2 is 1.89 bits per heavy atom. The lowest BCUT2D eigenvalue weighted by atomic mass is 9.85. The molecule has 204 valence electrons. The van der Waals surface area contributed by atoms with Crippen molar-refractivity contribution >= 4 is 51.3 Å². The molecule has 2 aliphatic rings. The maximum atomic E-state index is 13.8. The summed E-state index contributed by atoms with van der Waals surface area (Å²) >= 11 is 5.10. The van der Waals surface area contributed by atoms with Crippen LogP contribution in [0, 0.1) is 5.92 Å². The number of nitrogens with zero attached hydrogens (tertiary/aromatic N) is 1. The Hall–Kier alpha value is -2.65. The summed E-state index contributed by atoms with van der Waals surface area (Å²) in [6.45, 7) is 6.38. The predicted molar refractivity (Wildman–Crippen MR) is 155 cm³/mol. The van der Waals surface area contributed by atoms with Gasteiger partial charge < -0.3 is 24.4 Å². The van der Waals surface area contributed by atoms with Gasteiger partial charge in [-0.3, -0.25) is 4.79 Å². The number of para-hydroxylation sites is 1. The van der Waals surface area contributed by atoms with Crippen LogP contribution in [0.4, 0.5) is 5.69 Å². The van der Waals surface area contributed by atoms with Gasteiger partial charge in [0.25, 0.3) is 5.91 Å². The van der Waals surface area contributed by atoms with E-state index in [0.717, 1.165) is 30.5 Å². The normalized spacial score (nSPS) is 22.4. The number of anilines is 1. The molecule has 0 bridgehead atoms. The van der Waals surface area contributed by atoms with Crippen LogP contribution in [-0.2, 0) is 14.3 Å². The minimum absolute atomic E-state index is 0.0406. The molecule has 1 saturated heterocycles. The molecule has 38 heavy (non-hydrogen) atoms. The number of ether oxygens (including phenoxy) is 3. The highest BCUT2D eigenvalue weighted by Crippen LogP contribution is 2.43. The Morgan fingerprint density at radius 3 is 2.61 bits per heavy atom. The molecule has 0 spiro atoms. The summed E-state index contributed by atoms with van der Waals surface area (Å²) in [4.78, 5) is 28.4. The number of thioether (sulfide) groups is 1. The number of halogens is 1. The molecule has 1 heterocycles. The summed E-state index contributed by atoms with van der Waals surface area (Å²) in [5, 5.41) is 3.57. The lowest BCUT2D eigenvalue weighted by Crippen LogP contribution is -2.48. The van der Waals surface area contributed by atoms with E-state index in [9.17, 15) is 9.59 Å². The van der Waals surface area contributed by atoms with Crippen molar-refractivity contribution in [1.29, 1.82) is 0 Å². The Kier molecular flexibility index (Phi) is 10.0. The fourth-order valence-corrected chi connectivity index (χ4v) is 6.71. The number of hydrogen-bond acceptors (Lipinski definition) is 7. The molecule has 1 aliphatic heterocycles. The number of carbonyl (C=O) groups excluding carboxylic acids is 2. The Labute approximate surface area is 237 Å². The SMILES string of the molecule is CCOC(=O)COc1c(Br)cc(/C=C2\SC(Nc3ccccc3)N([C@@H]3CCCC[C@@H]3C)C2=O)cc1OCC. The molecule has 3 atom stereocenters. The predicted octanol–water partition coefficient (Wildman–Crippen LogP) is 6.68. The van der Waals surface area contributed by atoms with Crippen LogP contribution in [-0.4, -0.2) is 48.1 Å². The first-order valence-electron chi connectivity index (χ1n) is 13.2. The second-order valence-corrected chi connectivity index (χ2v) is 11.4. The maximum absolute atomic E-state index is 13.8. The molecule has 1 unspecified atom stereocenters. The average Bonchev–Trinajstić information content (AvgIpc) is 3.18. The van der Waals surface area contributed by atoms with Gasteiger partial charge in [-0.2, -0.15) is 0 Å². The number of benzene rings is 2. The number of nitrogens with one attached hydrogen (secondary N) is 1. The zero-order valence-corrected chi connectivity index (χ0v) is 24.5. The average molecular weight is 604 g/mol. The first kappa shape index (κ1) is 28.4. The summed E-state index contributed by atoms with van der Waals surface area (Å²) in [5.74, 6) is 0.954. The van der Waals surface area contributed by atoms with Gasteiger partial charge in [0.05, 0.1) is 22.6 Å². The molecular weight excluding hydrogens is 568 g/mol. The van der Waals surface area contributed by atoms with Gasteiger partial charge in [0.2, 0.25) is 0 Å². The number of esters is 1. The second kappa shape index (κ2) is 13.4. The number of carbonyl (C=O) groups is 2. The molecule has 2 aromatic rings. The van der Waals surface area contributed by atoms with Crippen molar-refractivity contribution in [3.05, 3.63) is 57.4 Å². The Morgan fingerprint density at radius 1 is 1.13 bits per heavy atom. The van der Waals surface area contributed by atoms with E-state index in [0.29, 0.717) is 33.4 Å². The van der Waals surface area contributed by atoms with E-state index in [1.807, 2.05) is 60.4 Å². The molecule has 1 saturated carbocycles. The summed E-state index contributed by atoms with van der Waals surface area (Å²) in [5.41, 5.74) is 1.59. The van der Waals surface area contributed by atoms with E-state index < -0.39 is 5.97 Å². The molecular formula is C29H35BrN2O5S. The molecule has 0 aromatic heterocycles. The molecule has 1 N–H and O–H groups in total.